The molecule has 0 aliphatic heterocycles. The van der Waals surface area contributed by atoms with E-state index in [4.69, 9.17) is 4.74 Å². The van der Waals surface area contributed by atoms with Crippen LogP contribution in [0, 0.1) is 0 Å². The molecular weight excluding hydrogens is 428 g/mol. The maximum Gasteiger partial charge on any atom is 0.262 e. The van der Waals surface area contributed by atoms with Crippen LogP contribution in [0.15, 0.2) is 83.8 Å². The van der Waals surface area contributed by atoms with E-state index in [0.717, 1.165) is 0 Å². The number of amides is 1. The van der Waals surface area contributed by atoms with Crippen LogP contribution < -0.4 is 14.8 Å². The lowest BCUT2D eigenvalue weighted by atomic mass is 10.0. The van der Waals surface area contributed by atoms with Gasteiger partial charge in [-0.2, -0.15) is 0 Å². The minimum absolute atomic E-state index is 0.0936. The summed E-state index contributed by atoms with van der Waals surface area (Å²) in [5, 5.41) is 2.65. The molecule has 0 radical (unpaired) electrons. The summed E-state index contributed by atoms with van der Waals surface area (Å²) in [6.07, 6.45) is 0. The van der Waals surface area contributed by atoms with Gasteiger partial charge in [0.05, 0.1) is 4.90 Å². The number of anilines is 1. The number of carbonyl (C=O) groups excluding carboxylic acids is 2. The van der Waals surface area contributed by atoms with Crippen LogP contribution in [-0.4, -0.2) is 32.8 Å². The summed E-state index contributed by atoms with van der Waals surface area (Å²) in [5.41, 5.74) is 1.57. The molecule has 0 unspecified atom stereocenters. The van der Waals surface area contributed by atoms with Crippen LogP contribution >= 0.6 is 0 Å². The zero-order valence-electron chi connectivity index (χ0n) is 17.7. The molecule has 0 fully saturated rings. The van der Waals surface area contributed by atoms with Crippen molar-refractivity contribution in [2.75, 3.05) is 11.9 Å². The quantitative estimate of drug-likeness (QED) is 0.483. The SMILES string of the molecule is CC(C)NS(=O)(=O)c1ccc(NC(=O)COc2ccc(C(=O)c3ccccc3)cc2)cc1. The van der Waals surface area contributed by atoms with Gasteiger partial charge in [0.15, 0.2) is 12.4 Å². The Kier molecular flexibility index (Phi) is 7.40. The third-order valence-corrected chi connectivity index (χ3v) is 6.04. The van der Waals surface area contributed by atoms with Crippen molar-refractivity contribution in [3.05, 3.63) is 90.0 Å². The van der Waals surface area contributed by atoms with Gasteiger partial charge in [-0.25, -0.2) is 13.1 Å². The minimum Gasteiger partial charge on any atom is -0.484 e. The number of nitrogens with one attached hydrogen (secondary N) is 2. The lowest BCUT2D eigenvalue weighted by molar-refractivity contribution is -0.118. The zero-order valence-corrected chi connectivity index (χ0v) is 18.6. The highest BCUT2D eigenvalue weighted by molar-refractivity contribution is 7.89. The van der Waals surface area contributed by atoms with Crippen LogP contribution in [0.2, 0.25) is 0 Å². The summed E-state index contributed by atoms with van der Waals surface area (Å²) in [5.74, 6) is -0.0414. The van der Waals surface area contributed by atoms with Crippen LogP contribution in [0.25, 0.3) is 0 Å². The Labute approximate surface area is 187 Å². The molecule has 32 heavy (non-hydrogen) atoms. The molecule has 3 aromatic carbocycles. The Bertz CT molecular complexity index is 1170. The molecule has 0 bridgehead atoms. The second-order valence-corrected chi connectivity index (χ2v) is 9.07. The van der Waals surface area contributed by atoms with Gasteiger partial charge in [0.25, 0.3) is 5.91 Å². The highest BCUT2D eigenvalue weighted by atomic mass is 32.2. The van der Waals surface area contributed by atoms with Crippen LogP contribution in [0.1, 0.15) is 29.8 Å². The summed E-state index contributed by atoms with van der Waals surface area (Å²) in [6.45, 7) is 3.24. The first-order valence-corrected chi connectivity index (χ1v) is 11.5. The molecule has 7 nitrogen and oxygen atoms in total. The molecule has 0 atom stereocenters. The fourth-order valence-electron chi connectivity index (χ4n) is 2.90. The van der Waals surface area contributed by atoms with E-state index in [9.17, 15) is 18.0 Å². The molecule has 0 aliphatic carbocycles. The minimum atomic E-state index is -3.59. The van der Waals surface area contributed by atoms with E-state index in [1.807, 2.05) is 6.07 Å². The van der Waals surface area contributed by atoms with Crippen molar-refractivity contribution in [1.82, 2.24) is 4.72 Å². The standard InChI is InChI=1S/C24H24N2O5S/c1-17(2)26-32(29,30)22-14-10-20(11-15-22)25-23(27)16-31-21-12-8-19(9-13-21)24(28)18-6-4-3-5-7-18/h3-15,17,26H,16H2,1-2H3,(H,25,27). The monoisotopic (exact) mass is 452 g/mol. The topological polar surface area (TPSA) is 102 Å². The van der Waals surface area contributed by atoms with Gasteiger partial charge in [-0.1, -0.05) is 30.3 Å². The van der Waals surface area contributed by atoms with E-state index in [2.05, 4.69) is 10.0 Å². The molecule has 0 heterocycles. The summed E-state index contributed by atoms with van der Waals surface area (Å²) in [4.78, 5) is 24.7. The Morgan fingerprint density at radius 1 is 0.844 bits per heavy atom. The van der Waals surface area contributed by atoms with Crippen LogP contribution in [0.3, 0.4) is 0 Å². The van der Waals surface area contributed by atoms with Crippen molar-refractivity contribution < 1.29 is 22.7 Å². The molecular formula is C24H24N2O5S. The molecule has 0 spiro atoms. The first-order valence-electron chi connectivity index (χ1n) is 9.99. The number of hydrogen-bond donors (Lipinski definition) is 2. The fraction of sp³-hybridized carbons (Fsp3) is 0.167. The summed E-state index contributed by atoms with van der Waals surface area (Å²) >= 11 is 0. The Morgan fingerprint density at radius 3 is 2.03 bits per heavy atom. The highest BCUT2D eigenvalue weighted by Gasteiger charge is 2.15. The van der Waals surface area contributed by atoms with Gasteiger partial charge in [0.2, 0.25) is 10.0 Å². The van der Waals surface area contributed by atoms with E-state index in [0.29, 0.717) is 22.6 Å². The van der Waals surface area contributed by atoms with E-state index >= 15 is 0 Å². The molecule has 3 aromatic rings. The van der Waals surface area contributed by atoms with Gasteiger partial charge in [-0.05, 0) is 62.4 Å². The number of rotatable bonds is 9. The number of carbonyl (C=O) groups is 2. The number of hydrogen-bond acceptors (Lipinski definition) is 5. The normalized spacial score (nSPS) is 11.2. The smallest absolute Gasteiger partial charge is 0.262 e. The van der Waals surface area contributed by atoms with Gasteiger partial charge in [-0.15, -0.1) is 0 Å². The predicted molar refractivity (Wildman–Crippen MR) is 122 cm³/mol. The van der Waals surface area contributed by atoms with Crippen molar-refractivity contribution in [1.29, 1.82) is 0 Å². The molecule has 1 amide bonds. The van der Waals surface area contributed by atoms with Gasteiger partial charge >= 0.3 is 0 Å². The molecule has 0 aliphatic rings. The third kappa shape index (κ3) is 6.26. The van der Waals surface area contributed by atoms with E-state index in [1.54, 1.807) is 62.4 Å². The average molecular weight is 453 g/mol. The van der Waals surface area contributed by atoms with Crippen molar-refractivity contribution in [2.24, 2.45) is 0 Å². The van der Waals surface area contributed by atoms with Crippen molar-refractivity contribution >= 4 is 27.4 Å². The number of sulfonamides is 1. The fourth-order valence-corrected chi connectivity index (χ4v) is 4.15. The van der Waals surface area contributed by atoms with E-state index < -0.39 is 15.9 Å². The van der Waals surface area contributed by atoms with Crippen LogP contribution in [0.5, 0.6) is 5.75 Å². The Hall–Kier alpha value is -3.49. The number of benzene rings is 3. The summed E-state index contributed by atoms with van der Waals surface area (Å²) in [6, 6.07) is 21.1. The molecule has 0 aromatic heterocycles. The first-order chi connectivity index (χ1) is 15.2. The zero-order chi connectivity index (χ0) is 23.1. The van der Waals surface area contributed by atoms with Gasteiger partial charge in [0, 0.05) is 22.9 Å². The number of ketones is 1. The lowest BCUT2D eigenvalue weighted by Crippen LogP contribution is -2.30. The number of ether oxygens (including phenoxy) is 1. The Balaban J connectivity index is 1.53. The molecule has 0 saturated heterocycles. The van der Waals surface area contributed by atoms with Crippen molar-refractivity contribution in [3.63, 3.8) is 0 Å². The van der Waals surface area contributed by atoms with Gasteiger partial charge in [0.1, 0.15) is 5.75 Å². The van der Waals surface area contributed by atoms with Crippen molar-refractivity contribution in [3.8, 4) is 5.75 Å². The van der Waals surface area contributed by atoms with Crippen LogP contribution in [-0.2, 0) is 14.8 Å². The summed E-state index contributed by atoms with van der Waals surface area (Å²) in [7, 11) is -3.59. The molecule has 0 saturated carbocycles. The largest absolute Gasteiger partial charge is 0.484 e. The molecule has 166 valence electrons. The highest BCUT2D eigenvalue weighted by Crippen LogP contribution is 2.17. The molecule has 8 heteroatoms. The van der Waals surface area contributed by atoms with Crippen LogP contribution in [0.4, 0.5) is 5.69 Å². The summed E-state index contributed by atoms with van der Waals surface area (Å²) < 4.78 is 32.3. The van der Waals surface area contributed by atoms with Crippen molar-refractivity contribution in [2.45, 2.75) is 24.8 Å². The predicted octanol–water partition coefficient (Wildman–Crippen LogP) is 3.62. The van der Waals surface area contributed by atoms with E-state index in [-0.39, 0.29) is 23.3 Å². The second kappa shape index (κ2) is 10.2. The third-order valence-electron chi connectivity index (χ3n) is 4.36. The maximum atomic E-state index is 12.4. The van der Waals surface area contributed by atoms with E-state index in [1.165, 1.54) is 24.3 Å². The first kappa shape index (κ1) is 23.2. The Morgan fingerprint density at radius 2 is 1.44 bits per heavy atom. The average Bonchev–Trinajstić information content (AvgIpc) is 2.78. The lowest BCUT2D eigenvalue weighted by Gasteiger charge is -2.11. The molecule has 3 rings (SSSR count). The second-order valence-electron chi connectivity index (χ2n) is 7.36. The maximum absolute atomic E-state index is 12.4. The van der Waals surface area contributed by atoms with Gasteiger partial charge in [-0.3, -0.25) is 9.59 Å². The molecule has 2 N–H and O–H groups in total. The van der Waals surface area contributed by atoms with Gasteiger partial charge < -0.3 is 10.1 Å².